The summed E-state index contributed by atoms with van der Waals surface area (Å²) in [5.74, 6) is -0.893. The van der Waals surface area contributed by atoms with Gasteiger partial charge in [0, 0.05) is 23.6 Å². The summed E-state index contributed by atoms with van der Waals surface area (Å²) in [5.41, 5.74) is 1.83. The van der Waals surface area contributed by atoms with Gasteiger partial charge >= 0.3 is 0 Å². The predicted molar refractivity (Wildman–Crippen MR) is 87.2 cm³/mol. The minimum atomic E-state index is -0.500. The lowest BCUT2D eigenvalue weighted by Crippen LogP contribution is -2.26. The molecule has 3 aromatic rings. The molecule has 2 aromatic carbocycles. The van der Waals surface area contributed by atoms with Crippen LogP contribution in [0.5, 0.6) is 5.75 Å². The molecule has 6 heteroatoms. The number of H-pyrrole nitrogens is 1. The minimum absolute atomic E-state index is 0.151. The number of aromatic amines is 1. The van der Waals surface area contributed by atoms with Crippen LogP contribution in [0.25, 0.3) is 10.9 Å². The molecule has 3 rings (SSSR count). The van der Waals surface area contributed by atoms with Gasteiger partial charge in [-0.25, -0.2) is 8.78 Å². The summed E-state index contributed by atoms with van der Waals surface area (Å²) in [6.07, 6.45) is 2.36. The zero-order chi connectivity index (χ0) is 17.1. The number of ether oxygens (including phenoxy) is 1. The van der Waals surface area contributed by atoms with E-state index in [-0.39, 0.29) is 11.4 Å². The zero-order valence-electron chi connectivity index (χ0n) is 13.0. The minimum Gasteiger partial charge on any atom is -0.496 e. The molecule has 1 heterocycles. The fraction of sp³-hybridized carbons (Fsp3) is 0.167. The van der Waals surface area contributed by atoms with Gasteiger partial charge in [0.25, 0.3) is 5.91 Å². The van der Waals surface area contributed by atoms with Crippen LogP contribution < -0.4 is 10.1 Å². The summed E-state index contributed by atoms with van der Waals surface area (Å²) >= 11 is 0. The molecule has 0 bridgehead atoms. The zero-order valence-corrected chi connectivity index (χ0v) is 13.0. The van der Waals surface area contributed by atoms with E-state index in [1.807, 2.05) is 0 Å². The lowest BCUT2D eigenvalue weighted by atomic mass is 10.1. The average molecular weight is 330 g/mol. The lowest BCUT2D eigenvalue weighted by Gasteiger charge is -2.09. The van der Waals surface area contributed by atoms with Gasteiger partial charge in [0.1, 0.15) is 17.4 Å². The molecule has 0 saturated heterocycles. The van der Waals surface area contributed by atoms with E-state index in [4.69, 9.17) is 4.74 Å². The van der Waals surface area contributed by atoms with Gasteiger partial charge in [-0.15, -0.1) is 0 Å². The second-order valence-corrected chi connectivity index (χ2v) is 5.35. The van der Waals surface area contributed by atoms with Crippen molar-refractivity contribution in [3.8, 4) is 5.75 Å². The first-order valence-corrected chi connectivity index (χ1v) is 7.45. The van der Waals surface area contributed by atoms with E-state index < -0.39 is 11.7 Å². The molecule has 0 aliphatic heterocycles. The van der Waals surface area contributed by atoms with Crippen LogP contribution in [-0.2, 0) is 6.42 Å². The fourth-order valence-electron chi connectivity index (χ4n) is 2.63. The largest absolute Gasteiger partial charge is 0.496 e. The summed E-state index contributed by atoms with van der Waals surface area (Å²) < 4.78 is 31.6. The monoisotopic (exact) mass is 330 g/mol. The van der Waals surface area contributed by atoms with E-state index in [1.54, 1.807) is 12.3 Å². The number of carbonyl (C=O) groups excluding carboxylic acids is 1. The van der Waals surface area contributed by atoms with E-state index in [9.17, 15) is 13.6 Å². The molecule has 0 fully saturated rings. The second-order valence-electron chi connectivity index (χ2n) is 5.35. The first-order chi connectivity index (χ1) is 11.6. The molecule has 24 heavy (non-hydrogen) atoms. The number of halogens is 2. The summed E-state index contributed by atoms with van der Waals surface area (Å²) in [4.78, 5) is 15.2. The van der Waals surface area contributed by atoms with E-state index in [0.29, 0.717) is 24.2 Å². The Kier molecular flexibility index (Phi) is 4.46. The molecule has 1 aromatic heterocycles. The normalized spacial score (nSPS) is 10.8. The average Bonchev–Trinajstić information content (AvgIpc) is 2.96. The number of nitrogens with one attached hydrogen (secondary N) is 2. The number of amides is 1. The molecule has 0 unspecified atom stereocenters. The van der Waals surface area contributed by atoms with Crippen LogP contribution in [0, 0.1) is 11.6 Å². The maximum absolute atomic E-state index is 13.3. The first-order valence-electron chi connectivity index (χ1n) is 7.45. The van der Waals surface area contributed by atoms with E-state index in [2.05, 4.69) is 10.3 Å². The number of hydrogen-bond acceptors (Lipinski definition) is 2. The predicted octanol–water partition coefficient (Wildman–Crippen LogP) is 3.43. The van der Waals surface area contributed by atoms with Gasteiger partial charge in [0.05, 0.1) is 12.7 Å². The second kappa shape index (κ2) is 6.70. The topological polar surface area (TPSA) is 54.1 Å². The van der Waals surface area contributed by atoms with Gasteiger partial charge < -0.3 is 15.0 Å². The Morgan fingerprint density at radius 3 is 2.71 bits per heavy atom. The number of carbonyl (C=O) groups is 1. The van der Waals surface area contributed by atoms with E-state index in [1.165, 1.54) is 31.4 Å². The van der Waals surface area contributed by atoms with Gasteiger partial charge in [-0.3, -0.25) is 4.79 Å². The van der Waals surface area contributed by atoms with Gasteiger partial charge in [-0.2, -0.15) is 0 Å². The highest BCUT2D eigenvalue weighted by atomic mass is 19.1. The highest BCUT2D eigenvalue weighted by Crippen LogP contribution is 2.20. The van der Waals surface area contributed by atoms with Crippen molar-refractivity contribution in [2.45, 2.75) is 6.42 Å². The van der Waals surface area contributed by atoms with Crippen LogP contribution in [0.4, 0.5) is 8.78 Å². The van der Waals surface area contributed by atoms with Crippen LogP contribution in [0.1, 0.15) is 15.9 Å². The maximum Gasteiger partial charge on any atom is 0.255 e. The number of methoxy groups -OCH3 is 1. The molecule has 4 nitrogen and oxygen atoms in total. The van der Waals surface area contributed by atoms with Crippen LogP contribution in [0.2, 0.25) is 0 Å². The molecule has 1 amide bonds. The summed E-state index contributed by atoms with van der Waals surface area (Å²) in [5, 5.41) is 3.65. The molecule has 2 N–H and O–H groups in total. The summed E-state index contributed by atoms with van der Waals surface area (Å²) in [6, 6.07) is 8.32. The molecule has 0 aliphatic rings. The Balaban J connectivity index is 1.67. The molecular weight excluding hydrogens is 314 g/mol. The van der Waals surface area contributed by atoms with Crippen molar-refractivity contribution >= 4 is 16.8 Å². The van der Waals surface area contributed by atoms with Crippen molar-refractivity contribution < 1.29 is 18.3 Å². The van der Waals surface area contributed by atoms with Crippen LogP contribution >= 0.6 is 0 Å². The Bertz CT molecular complexity index is 890. The standard InChI is InChI=1S/C18H16F2N2O2/c1-24-17-5-3-12(19)8-15(17)18(23)21-7-6-11-10-22-16-9-13(20)2-4-14(11)16/h2-5,8-10,22H,6-7H2,1H3,(H,21,23). The van der Waals surface area contributed by atoms with E-state index in [0.717, 1.165) is 17.0 Å². The maximum atomic E-state index is 13.3. The summed E-state index contributed by atoms with van der Waals surface area (Å²) in [7, 11) is 1.43. The first kappa shape index (κ1) is 16.0. The van der Waals surface area contributed by atoms with Gasteiger partial charge in [-0.1, -0.05) is 0 Å². The van der Waals surface area contributed by atoms with Crippen molar-refractivity contribution in [1.82, 2.24) is 10.3 Å². The third kappa shape index (κ3) is 3.22. The molecule has 0 radical (unpaired) electrons. The molecule has 0 saturated carbocycles. The Hall–Kier alpha value is -2.89. The quantitative estimate of drug-likeness (QED) is 0.753. The highest BCUT2D eigenvalue weighted by molar-refractivity contribution is 5.97. The Morgan fingerprint density at radius 1 is 1.17 bits per heavy atom. The number of benzene rings is 2. The van der Waals surface area contributed by atoms with Crippen molar-refractivity contribution in [2.24, 2.45) is 0 Å². The fourth-order valence-corrected chi connectivity index (χ4v) is 2.63. The highest BCUT2D eigenvalue weighted by Gasteiger charge is 2.13. The number of fused-ring (bicyclic) bond motifs is 1. The number of aromatic nitrogens is 1. The lowest BCUT2D eigenvalue weighted by molar-refractivity contribution is 0.0950. The number of rotatable bonds is 5. The van der Waals surface area contributed by atoms with E-state index >= 15 is 0 Å². The number of hydrogen-bond donors (Lipinski definition) is 2. The molecule has 0 spiro atoms. The third-order valence-electron chi connectivity index (χ3n) is 3.82. The van der Waals surface area contributed by atoms with Gasteiger partial charge in [-0.05, 0) is 48.4 Å². The smallest absolute Gasteiger partial charge is 0.255 e. The third-order valence-corrected chi connectivity index (χ3v) is 3.82. The SMILES string of the molecule is COc1ccc(F)cc1C(=O)NCCc1c[nH]c2cc(F)ccc12. The van der Waals surface area contributed by atoms with Crippen molar-refractivity contribution in [3.05, 3.63) is 65.4 Å². The van der Waals surface area contributed by atoms with Crippen LogP contribution in [0.3, 0.4) is 0 Å². The Morgan fingerprint density at radius 2 is 1.92 bits per heavy atom. The molecular formula is C18H16F2N2O2. The van der Waals surface area contributed by atoms with Crippen molar-refractivity contribution in [2.75, 3.05) is 13.7 Å². The van der Waals surface area contributed by atoms with Crippen molar-refractivity contribution in [3.63, 3.8) is 0 Å². The van der Waals surface area contributed by atoms with Crippen molar-refractivity contribution in [1.29, 1.82) is 0 Å². The van der Waals surface area contributed by atoms with Crippen LogP contribution in [-0.4, -0.2) is 24.5 Å². The Labute approximate surface area is 137 Å². The molecule has 0 atom stereocenters. The van der Waals surface area contributed by atoms with Gasteiger partial charge in [0.15, 0.2) is 0 Å². The molecule has 0 aliphatic carbocycles. The molecule has 124 valence electrons. The van der Waals surface area contributed by atoms with Gasteiger partial charge in [0.2, 0.25) is 0 Å². The van der Waals surface area contributed by atoms with Crippen LogP contribution in [0.15, 0.2) is 42.6 Å². The summed E-state index contributed by atoms with van der Waals surface area (Å²) in [6.45, 7) is 0.364.